The van der Waals surface area contributed by atoms with Crippen LogP contribution in [0.25, 0.3) is 11.1 Å². The van der Waals surface area contributed by atoms with Gasteiger partial charge in [0.15, 0.2) is 0 Å². The minimum atomic E-state index is -5.31. The van der Waals surface area contributed by atoms with Crippen LogP contribution in [-0.2, 0) is 34.1 Å². The van der Waals surface area contributed by atoms with Gasteiger partial charge in [0.2, 0.25) is 0 Å². The number of benzene rings is 3. The molecule has 3 aliphatic heterocycles. The number of pyridine rings is 1. The number of halogens is 4. The Hall–Kier alpha value is -5.20. The molecule has 3 saturated heterocycles. The molecule has 0 saturated carbocycles. The highest BCUT2D eigenvalue weighted by Gasteiger charge is 2.44. The Morgan fingerprint density at radius 3 is 2.41 bits per heavy atom. The number of aromatic nitrogens is 1. The Balaban J connectivity index is 1.03. The van der Waals surface area contributed by atoms with E-state index < -0.39 is 24.2 Å². The van der Waals surface area contributed by atoms with E-state index >= 15 is 0 Å². The molecule has 1 aromatic heterocycles. The molecule has 7 rings (SSSR count). The Labute approximate surface area is 377 Å². The van der Waals surface area contributed by atoms with Crippen molar-refractivity contribution in [3.63, 3.8) is 0 Å². The fraction of sp³-hybridized carbons (Fsp3) is 0.469. The zero-order valence-corrected chi connectivity index (χ0v) is 37.2. The molecular weight excluding hydrogens is 847 g/mol. The van der Waals surface area contributed by atoms with Gasteiger partial charge in [0.1, 0.15) is 42.6 Å². The van der Waals surface area contributed by atoms with E-state index in [2.05, 4.69) is 52.0 Å². The smallest absolute Gasteiger partial charge is 0.491 e. The predicted molar refractivity (Wildman–Crippen MR) is 236 cm³/mol. The number of hydrogen-bond acceptors (Lipinski definition) is 11. The lowest BCUT2D eigenvalue weighted by molar-refractivity contribution is -0.203. The van der Waals surface area contributed by atoms with E-state index in [1.807, 2.05) is 24.3 Å². The van der Waals surface area contributed by atoms with Gasteiger partial charge in [-0.3, -0.25) is 9.88 Å². The van der Waals surface area contributed by atoms with Crippen molar-refractivity contribution >= 4 is 23.5 Å². The molecule has 0 bridgehead atoms. The summed E-state index contributed by atoms with van der Waals surface area (Å²) >= 11 is 6.87. The standard InChI is InChI=1S/C49H55ClF3N5O6/c1-33-37(9-5-10-39(33)40-11-6-13-43(34(40)2)61-22-8-18-57-20-15-48(16-21-57)14-7-17-55-32-48)31-63-45-25-44(62-30-36-23-35(26-54)27-56-28-36)38(24-41(45)50)29-58-19-4-3-12-42(58)46(59)64-47(60)49(51,52)53/h5-6,9-11,13,23-25,27-28,42,55H,3-4,7-8,12,14-22,29-32H2,1-2H3/t42-/m0/s1. The zero-order chi connectivity index (χ0) is 45.3. The molecule has 0 unspecified atom stereocenters. The van der Waals surface area contributed by atoms with Gasteiger partial charge in [-0.1, -0.05) is 48.4 Å². The van der Waals surface area contributed by atoms with Crippen molar-refractivity contribution in [1.82, 2.24) is 20.1 Å². The first-order valence-electron chi connectivity index (χ1n) is 22.1. The number of rotatable bonds is 15. The first kappa shape index (κ1) is 46.8. The topological polar surface area (TPSA) is 126 Å². The summed E-state index contributed by atoms with van der Waals surface area (Å²) in [6, 6.07) is 18.1. The molecule has 64 heavy (non-hydrogen) atoms. The average Bonchev–Trinajstić information content (AvgIpc) is 3.29. The van der Waals surface area contributed by atoms with Crippen molar-refractivity contribution in [1.29, 1.82) is 5.26 Å². The molecule has 3 aliphatic rings. The highest BCUT2D eigenvalue weighted by Crippen LogP contribution is 2.39. The van der Waals surface area contributed by atoms with Gasteiger partial charge in [-0.05, 0) is 136 Å². The van der Waals surface area contributed by atoms with Crippen molar-refractivity contribution in [2.45, 2.75) is 97.2 Å². The molecular formula is C49H55ClF3N5O6. The van der Waals surface area contributed by atoms with E-state index in [9.17, 15) is 28.0 Å². The summed E-state index contributed by atoms with van der Waals surface area (Å²) in [7, 11) is 0. The molecule has 0 aliphatic carbocycles. The third kappa shape index (κ3) is 11.7. The summed E-state index contributed by atoms with van der Waals surface area (Å²) in [5.74, 6) is -2.30. The quantitative estimate of drug-likeness (QED) is 0.0697. The largest absolute Gasteiger partial charge is 0.493 e. The maximum Gasteiger partial charge on any atom is 0.491 e. The number of alkyl halides is 3. The van der Waals surface area contributed by atoms with E-state index in [0.717, 1.165) is 72.7 Å². The number of hydrogen-bond donors (Lipinski definition) is 1. The van der Waals surface area contributed by atoms with Gasteiger partial charge in [-0.15, -0.1) is 0 Å². The molecule has 3 aromatic carbocycles. The number of nitriles is 1. The van der Waals surface area contributed by atoms with E-state index in [1.165, 1.54) is 31.9 Å². The molecule has 0 radical (unpaired) electrons. The molecule has 3 fully saturated rings. The molecule has 4 heterocycles. The molecule has 0 amide bonds. The molecule has 1 atom stereocenters. The maximum atomic E-state index is 13.0. The summed E-state index contributed by atoms with van der Waals surface area (Å²) in [6.07, 6.45) is 5.27. The summed E-state index contributed by atoms with van der Waals surface area (Å²) < 4.78 is 62.2. The fourth-order valence-electron chi connectivity index (χ4n) is 9.14. The molecule has 1 N–H and O–H groups in total. The maximum absolute atomic E-state index is 13.0. The number of carbonyl (C=O) groups excluding carboxylic acids is 2. The van der Waals surface area contributed by atoms with Gasteiger partial charge in [0.05, 0.1) is 17.2 Å². The zero-order valence-electron chi connectivity index (χ0n) is 36.4. The third-order valence-corrected chi connectivity index (χ3v) is 13.2. The Kier molecular flexibility index (Phi) is 15.5. The Morgan fingerprint density at radius 1 is 0.891 bits per heavy atom. The minimum Gasteiger partial charge on any atom is -0.493 e. The van der Waals surface area contributed by atoms with Gasteiger partial charge in [0, 0.05) is 49.2 Å². The number of carbonyl (C=O) groups is 2. The van der Waals surface area contributed by atoms with Crippen molar-refractivity contribution in [3.8, 4) is 34.4 Å². The summed E-state index contributed by atoms with van der Waals surface area (Å²) in [5, 5.41) is 13.3. The molecule has 340 valence electrons. The number of ether oxygens (including phenoxy) is 4. The highest BCUT2D eigenvalue weighted by atomic mass is 35.5. The fourth-order valence-corrected chi connectivity index (χ4v) is 9.39. The number of piperidine rings is 3. The third-order valence-electron chi connectivity index (χ3n) is 12.9. The van der Waals surface area contributed by atoms with Gasteiger partial charge in [-0.25, -0.2) is 9.59 Å². The van der Waals surface area contributed by atoms with Crippen LogP contribution < -0.4 is 19.5 Å². The minimum absolute atomic E-state index is 0.0164. The van der Waals surface area contributed by atoms with Crippen LogP contribution in [0, 0.1) is 30.6 Å². The van der Waals surface area contributed by atoms with Crippen molar-refractivity contribution < 1.29 is 41.7 Å². The highest BCUT2D eigenvalue weighted by molar-refractivity contribution is 6.32. The second-order valence-electron chi connectivity index (χ2n) is 17.2. The van der Waals surface area contributed by atoms with Gasteiger partial charge < -0.3 is 29.2 Å². The number of likely N-dealkylation sites (tertiary alicyclic amines) is 2. The van der Waals surface area contributed by atoms with Crippen molar-refractivity contribution in [3.05, 3.63) is 105 Å². The monoisotopic (exact) mass is 901 g/mol. The van der Waals surface area contributed by atoms with Crippen LogP contribution in [0.15, 0.2) is 67.0 Å². The van der Waals surface area contributed by atoms with Crippen LogP contribution in [0.2, 0.25) is 5.02 Å². The lowest BCUT2D eigenvalue weighted by Crippen LogP contribution is -2.48. The van der Waals surface area contributed by atoms with Crippen LogP contribution in [0.3, 0.4) is 0 Å². The van der Waals surface area contributed by atoms with Crippen LogP contribution in [0.4, 0.5) is 13.2 Å². The van der Waals surface area contributed by atoms with Crippen LogP contribution in [0.1, 0.15) is 84.7 Å². The second-order valence-corrected chi connectivity index (χ2v) is 17.6. The Morgan fingerprint density at radius 2 is 1.66 bits per heavy atom. The van der Waals surface area contributed by atoms with Gasteiger partial charge >= 0.3 is 18.1 Å². The molecule has 4 aromatic rings. The van der Waals surface area contributed by atoms with Crippen molar-refractivity contribution in [2.75, 3.05) is 45.9 Å². The lowest BCUT2D eigenvalue weighted by Gasteiger charge is -2.44. The SMILES string of the molecule is Cc1c(COc2cc(OCc3cncc(C#N)c3)c(CN3CCCC[C@H]3C(=O)OC(=O)C(F)(F)F)cc2Cl)cccc1-c1cccc(OCCCN2CCC3(CCCNC3)CC2)c1C. The van der Waals surface area contributed by atoms with E-state index in [1.54, 1.807) is 29.3 Å². The van der Waals surface area contributed by atoms with Crippen LogP contribution in [0.5, 0.6) is 17.2 Å². The Bertz CT molecular complexity index is 2320. The van der Waals surface area contributed by atoms with E-state index in [4.69, 9.17) is 25.8 Å². The van der Waals surface area contributed by atoms with E-state index in [-0.39, 0.29) is 31.2 Å². The number of nitrogens with one attached hydrogen (secondary N) is 1. The summed E-state index contributed by atoms with van der Waals surface area (Å²) in [4.78, 5) is 32.8. The number of nitrogens with zero attached hydrogens (tertiary/aromatic N) is 4. The first-order valence-corrected chi connectivity index (χ1v) is 22.4. The van der Waals surface area contributed by atoms with E-state index in [0.29, 0.717) is 59.6 Å². The molecule has 15 heteroatoms. The number of esters is 2. The summed E-state index contributed by atoms with van der Waals surface area (Å²) in [6.45, 7) is 11.0. The summed E-state index contributed by atoms with van der Waals surface area (Å²) in [5.41, 5.74) is 7.12. The molecule has 1 spiro atoms. The normalized spacial score (nSPS) is 18.0. The van der Waals surface area contributed by atoms with Crippen LogP contribution >= 0.6 is 11.6 Å². The predicted octanol–water partition coefficient (Wildman–Crippen LogP) is 9.27. The van der Waals surface area contributed by atoms with Gasteiger partial charge in [-0.2, -0.15) is 18.4 Å². The van der Waals surface area contributed by atoms with Crippen molar-refractivity contribution in [2.24, 2.45) is 5.41 Å². The second kappa shape index (κ2) is 21.2. The average molecular weight is 902 g/mol. The molecule has 11 nitrogen and oxygen atoms in total. The van der Waals surface area contributed by atoms with Gasteiger partial charge in [0.25, 0.3) is 0 Å². The van der Waals surface area contributed by atoms with Crippen LogP contribution in [-0.4, -0.2) is 84.8 Å². The lowest BCUT2D eigenvalue weighted by atomic mass is 9.73. The first-order chi connectivity index (χ1) is 30.8.